The van der Waals surface area contributed by atoms with Crippen LogP contribution in [0.5, 0.6) is 5.75 Å². The third-order valence-electron chi connectivity index (χ3n) is 5.31. The van der Waals surface area contributed by atoms with Gasteiger partial charge in [0.15, 0.2) is 6.61 Å². The zero-order chi connectivity index (χ0) is 16.4. The summed E-state index contributed by atoms with van der Waals surface area (Å²) in [6.07, 6.45) is 3.53. The predicted molar refractivity (Wildman–Crippen MR) is 95.2 cm³/mol. The van der Waals surface area contributed by atoms with Crippen molar-refractivity contribution in [2.45, 2.75) is 25.3 Å². The number of hydrogen-bond donors (Lipinski definition) is 0. The van der Waals surface area contributed by atoms with Crippen LogP contribution in [-0.2, 0) is 4.79 Å². The maximum Gasteiger partial charge on any atom is 0.260 e. The number of fused-ring (bicyclic) bond motifs is 1. The summed E-state index contributed by atoms with van der Waals surface area (Å²) >= 11 is 0. The van der Waals surface area contributed by atoms with Crippen molar-refractivity contribution < 1.29 is 9.53 Å². The number of carbonyl (C=O) groups is 1. The molecule has 2 aliphatic rings. The fraction of sp³-hybridized carbons (Fsp3) is 0.450. The minimum absolute atomic E-state index is 0.102. The van der Waals surface area contributed by atoms with Gasteiger partial charge in [-0.2, -0.15) is 0 Å². The number of piperidine rings is 1. The number of amides is 1. The molecule has 0 aromatic heterocycles. The molecule has 126 valence electrons. The largest absolute Gasteiger partial charge is 0.484 e. The Kier molecular flexibility index (Phi) is 4.39. The molecule has 1 amide bonds. The SMILES string of the molecule is O=C(COc1ccc2ccccc2c1)N1CCC(N2CCC2)CC1. The molecule has 0 N–H and O–H groups in total. The second-order valence-corrected chi connectivity index (χ2v) is 6.80. The molecule has 2 aromatic rings. The van der Waals surface area contributed by atoms with E-state index in [0.717, 1.165) is 37.1 Å². The van der Waals surface area contributed by atoms with Crippen LogP contribution in [-0.4, -0.2) is 54.5 Å². The van der Waals surface area contributed by atoms with Gasteiger partial charge in [-0.1, -0.05) is 30.3 Å². The summed E-state index contributed by atoms with van der Waals surface area (Å²) in [5.41, 5.74) is 0. The van der Waals surface area contributed by atoms with Crippen LogP contribution in [0.15, 0.2) is 42.5 Å². The Morgan fingerprint density at radius 2 is 1.75 bits per heavy atom. The highest BCUT2D eigenvalue weighted by molar-refractivity contribution is 5.84. The van der Waals surface area contributed by atoms with Gasteiger partial charge in [0.25, 0.3) is 5.91 Å². The minimum Gasteiger partial charge on any atom is -0.484 e. The molecule has 0 saturated carbocycles. The molecule has 4 nitrogen and oxygen atoms in total. The first-order valence-corrected chi connectivity index (χ1v) is 8.93. The zero-order valence-corrected chi connectivity index (χ0v) is 14.0. The summed E-state index contributed by atoms with van der Waals surface area (Å²) in [7, 11) is 0. The molecule has 0 spiro atoms. The van der Waals surface area contributed by atoms with Crippen LogP contribution < -0.4 is 4.74 Å². The summed E-state index contributed by atoms with van der Waals surface area (Å²) in [5, 5.41) is 2.32. The van der Waals surface area contributed by atoms with Gasteiger partial charge < -0.3 is 14.5 Å². The van der Waals surface area contributed by atoms with E-state index >= 15 is 0 Å². The number of nitrogens with zero attached hydrogens (tertiary/aromatic N) is 2. The highest BCUT2D eigenvalue weighted by Crippen LogP contribution is 2.22. The van der Waals surface area contributed by atoms with Gasteiger partial charge in [-0.15, -0.1) is 0 Å². The van der Waals surface area contributed by atoms with E-state index in [-0.39, 0.29) is 12.5 Å². The molecule has 2 heterocycles. The van der Waals surface area contributed by atoms with Crippen molar-refractivity contribution in [1.82, 2.24) is 9.80 Å². The van der Waals surface area contributed by atoms with Crippen molar-refractivity contribution in [2.75, 3.05) is 32.8 Å². The van der Waals surface area contributed by atoms with Gasteiger partial charge in [0.1, 0.15) is 5.75 Å². The van der Waals surface area contributed by atoms with Crippen LogP contribution in [0.3, 0.4) is 0 Å². The molecule has 2 aromatic carbocycles. The van der Waals surface area contributed by atoms with Crippen LogP contribution in [0.4, 0.5) is 0 Å². The Morgan fingerprint density at radius 3 is 2.46 bits per heavy atom. The molecule has 2 aliphatic heterocycles. The minimum atomic E-state index is 0.102. The van der Waals surface area contributed by atoms with Crippen molar-refractivity contribution in [3.8, 4) is 5.75 Å². The fourth-order valence-electron chi connectivity index (χ4n) is 3.68. The Morgan fingerprint density at radius 1 is 1.00 bits per heavy atom. The van der Waals surface area contributed by atoms with E-state index in [2.05, 4.69) is 17.0 Å². The lowest BCUT2D eigenvalue weighted by molar-refractivity contribution is -0.135. The lowest BCUT2D eigenvalue weighted by Crippen LogP contribution is -2.51. The topological polar surface area (TPSA) is 32.8 Å². The van der Waals surface area contributed by atoms with Gasteiger partial charge >= 0.3 is 0 Å². The average molecular weight is 324 g/mol. The van der Waals surface area contributed by atoms with Crippen LogP contribution in [0, 0.1) is 0 Å². The molecule has 0 aliphatic carbocycles. The first-order chi connectivity index (χ1) is 11.8. The zero-order valence-electron chi connectivity index (χ0n) is 14.0. The lowest BCUT2D eigenvalue weighted by Gasteiger charge is -2.42. The second kappa shape index (κ2) is 6.81. The third-order valence-corrected chi connectivity index (χ3v) is 5.31. The van der Waals surface area contributed by atoms with Gasteiger partial charge in [0.05, 0.1) is 0 Å². The molecular formula is C20H24N2O2. The first-order valence-electron chi connectivity index (χ1n) is 8.93. The van der Waals surface area contributed by atoms with E-state index in [1.165, 1.54) is 24.9 Å². The quantitative estimate of drug-likeness (QED) is 0.867. The van der Waals surface area contributed by atoms with Crippen molar-refractivity contribution >= 4 is 16.7 Å². The lowest BCUT2D eigenvalue weighted by atomic mass is 10.00. The van der Waals surface area contributed by atoms with Crippen molar-refractivity contribution in [3.63, 3.8) is 0 Å². The van der Waals surface area contributed by atoms with Crippen molar-refractivity contribution in [2.24, 2.45) is 0 Å². The van der Waals surface area contributed by atoms with Gasteiger partial charge in [-0.3, -0.25) is 4.79 Å². The van der Waals surface area contributed by atoms with E-state index < -0.39 is 0 Å². The number of carbonyl (C=O) groups excluding carboxylic acids is 1. The molecule has 24 heavy (non-hydrogen) atoms. The van der Waals surface area contributed by atoms with E-state index in [1.807, 2.05) is 35.2 Å². The molecule has 4 rings (SSSR count). The van der Waals surface area contributed by atoms with E-state index in [1.54, 1.807) is 0 Å². The molecule has 2 saturated heterocycles. The number of likely N-dealkylation sites (tertiary alicyclic amines) is 2. The summed E-state index contributed by atoms with van der Waals surface area (Å²) in [4.78, 5) is 16.9. The van der Waals surface area contributed by atoms with Crippen LogP contribution >= 0.6 is 0 Å². The summed E-state index contributed by atoms with van der Waals surface area (Å²) in [5.74, 6) is 0.864. The Bertz CT molecular complexity index is 718. The Hall–Kier alpha value is -2.07. The van der Waals surface area contributed by atoms with Gasteiger partial charge in [-0.25, -0.2) is 0 Å². The Labute approximate surface area is 143 Å². The normalized spacial score (nSPS) is 19.2. The Balaban J connectivity index is 1.29. The summed E-state index contributed by atoms with van der Waals surface area (Å²) in [6, 6.07) is 14.8. The van der Waals surface area contributed by atoms with Gasteiger partial charge in [0, 0.05) is 19.1 Å². The van der Waals surface area contributed by atoms with Crippen LogP contribution in [0.1, 0.15) is 19.3 Å². The highest BCUT2D eigenvalue weighted by Gasteiger charge is 2.29. The summed E-state index contributed by atoms with van der Waals surface area (Å²) < 4.78 is 5.73. The van der Waals surface area contributed by atoms with E-state index in [9.17, 15) is 4.79 Å². The van der Waals surface area contributed by atoms with Gasteiger partial charge in [0.2, 0.25) is 0 Å². The second-order valence-electron chi connectivity index (χ2n) is 6.80. The number of hydrogen-bond acceptors (Lipinski definition) is 3. The van der Waals surface area contributed by atoms with Crippen LogP contribution in [0.2, 0.25) is 0 Å². The summed E-state index contributed by atoms with van der Waals surface area (Å²) in [6.45, 7) is 4.34. The van der Waals surface area contributed by atoms with Crippen LogP contribution in [0.25, 0.3) is 10.8 Å². The predicted octanol–water partition coefficient (Wildman–Crippen LogP) is 2.92. The van der Waals surface area contributed by atoms with E-state index in [0.29, 0.717) is 6.04 Å². The first kappa shape index (κ1) is 15.5. The number of rotatable bonds is 4. The molecule has 4 heteroatoms. The standard InChI is InChI=1S/C20H24N2O2/c23-20(22-12-8-18(9-13-22)21-10-3-11-21)15-24-19-7-6-16-4-1-2-5-17(16)14-19/h1-2,4-7,14,18H,3,8-13,15H2. The highest BCUT2D eigenvalue weighted by atomic mass is 16.5. The maximum atomic E-state index is 12.4. The van der Waals surface area contributed by atoms with E-state index in [4.69, 9.17) is 4.74 Å². The van der Waals surface area contributed by atoms with Crippen molar-refractivity contribution in [1.29, 1.82) is 0 Å². The van der Waals surface area contributed by atoms with Gasteiger partial charge in [-0.05, 0) is 55.3 Å². The average Bonchev–Trinajstić information content (AvgIpc) is 2.58. The molecule has 0 unspecified atom stereocenters. The maximum absolute atomic E-state index is 12.4. The third kappa shape index (κ3) is 3.24. The molecule has 0 atom stereocenters. The molecular weight excluding hydrogens is 300 g/mol. The number of benzene rings is 2. The fourth-order valence-corrected chi connectivity index (χ4v) is 3.68. The molecule has 0 radical (unpaired) electrons. The smallest absolute Gasteiger partial charge is 0.260 e. The molecule has 0 bridgehead atoms. The van der Waals surface area contributed by atoms with Crippen molar-refractivity contribution in [3.05, 3.63) is 42.5 Å². The number of ether oxygens (including phenoxy) is 1. The monoisotopic (exact) mass is 324 g/mol. The molecule has 2 fully saturated rings.